The minimum absolute atomic E-state index is 0.194. The number of hydrogen-bond donors (Lipinski definition) is 1. The highest BCUT2D eigenvalue weighted by atomic mass is 16.3. The zero-order valence-electron chi connectivity index (χ0n) is 17.2. The average molecular weight is 409 g/mol. The molecule has 2 aromatic heterocycles. The molecule has 4 aromatic rings. The van der Waals surface area contributed by atoms with Crippen LogP contribution < -0.4 is 0 Å². The smallest absolute Gasteiger partial charge is 0.254 e. The molecule has 1 amide bonds. The number of aliphatic hydroxyl groups is 1. The minimum Gasteiger partial charge on any atom is -0.378 e. The van der Waals surface area contributed by atoms with Crippen LogP contribution in [0.15, 0.2) is 110 Å². The van der Waals surface area contributed by atoms with E-state index in [1.807, 2.05) is 60.7 Å². The van der Waals surface area contributed by atoms with E-state index in [2.05, 4.69) is 9.97 Å². The number of hydrogen-bond acceptors (Lipinski definition) is 4. The first kappa shape index (κ1) is 20.4. The Labute approximate surface area is 181 Å². The van der Waals surface area contributed by atoms with E-state index in [0.29, 0.717) is 16.7 Å². The molecule has 154 valence electrons. The molecule has 0 saturated heterocycles. The summed E-state index contributed by atoms with van der Waals surface area (Å²) in [6.45, 7) is 0. The van der Waals surface area contributed by atoms with Crippen molar-refractivity contribution in [1.82, 2.24) is 14.9 Å². The molecule has 0 aliphatic heterocycles. The molecule has 0 spiro atoms. The van der Waals surface area contributed by atoms with E-state index in [1.165, 1.54) is 0 Å². The molecule has 5 nitrogen and oxygen atoms in total. The van der Waals surface area contributed by atoms with Gasteiger partial charge < -0.3 is 10.0 Å². The van der Waals surface area contributed by atoms with Gasteiger partial charge >= 0.3 is 0 Å². The van der Waals surface area contributed by atoms with E-state index >= 15 is 0 Å². The van der Waals surface area contributed by atoms with E-state index < -0.39 is 11.6 Å². The molecule has 5 heteroatoms. The molecule has 0 fully saturated rings. The molecule has 1 N–H and O–H groups in total. The molecular formula is C26H23N3O2. The molecule has 2 heterocycles. The van der Waals surface area contributed by atoms with Crippen LogP contribution in [0.3, 0.4) is 0 Å². The van der Waals surface area contributed by atoms with E-state index in [0.717, 1.165) is 5.56 Å². The van der Waals surface area contributed by atoms with Crippen molar-refractivity contribution in [3.8, 4) is 0 Å². The van der Waals surface area contributed by atoms with Gasteiger partial charge in [0.15, 0.2) is 0 Å². The summed E-state index contributed by atoms with van der Waals surface area (Å²) < 4.78 is 0. The lowest BCUT2D eigenvalue weighted by atomic mass is 9.77. The van der Waals surface area contributed by atoms with Crippen LogP contribution in [0.2, 0.25) is 0 Å². The first-order valence-electron chi connectivity index (χ1n) is 10.0. The zero-order chi connectivity index (χ0) is 21.7. The van der Waals surface area contributed by atoms with Gasteiger partial charge in [0.1, 0.15) is 5.60 Å². The Balaban J connectivity index is 1.93. The van der Waals surface area contributed by atoms with Crippen LogP contribution in [0.4, 0.5) is 0 Å². The Hall–Kier alpha value is -3.83. The van der Waals surface area contributed by atoms with Gasteiger partial charge in [-0.15, -0.1) is 0 Å². The second-order valence-electron chi connectivity index (χ2n) is 7.35. The fraction of sp³-hybridized carbons (Fsp3) is 0.115. The van der Waals surface area contributed by atoms with Crippen LogP contribution in [0.5, 0.6) is 0 Å². The van der Waals surface area contributed by atoms with Crippen molar-refractivity contribution in [2.45, 2.75) is 11.6 Å². The number of carbonyl (C=O) groups excluding carboxylic acids is 1. The fourth-order valence-electron chi connectivity index (χ4n) is 3.94. The van der Waals surface area contributed by atoms with Gasteiger partial charge in [0.25, 0.3) is 5.91 Å². The quantitative estimate of drug-likeness (QED) is 0.518. The number of carbonyl (C=O) groups is 1. The molecule has 0 unspecified atom stereocenters. The molecule has 0 saturated carbocycles. The summed E-state index contributed by atoms with van der Waals surface area (Å²) in [5.41, 5.74) is 0.910. The third kappa shape index (κ3) is 3.96. The molecule has 0 aliphatic rings. The van der Waals surface area contributed by atoms with Crippen LogP contribution >= 0.6 is 0 Å². The average Bonchev–Trinajstić information content (AvgIpc) is 2.85. The molecule has 4 rings (SSSR count). The van der Waals surface area contributed by atoms with Crippen molar-refractivity contribution in [1.29, 1.82) is 0 Å². The summed E-state index contributed by atoms with van der Waals surface area (Å²) in [5, 5.41) is 12.4. The number of likely N-dealkylation sites (N-methyl/N-ethyl adjacent to an activating group) is 1. The number of aromatic nitrogens is 2. The summed E-state index contributed by atoms with van der Waals surface area (Å²) in [6.07, 6.45) is 6.57. The maximum absolute atomic E-state index is 13.5. The van der Waals surface area contributed by atoms with Gasteiger partial charge in [0.05, 0.1) is 6.04 Å². The maximum Gasteiger partial charge on any atom is 0.254 e. The lowest BCUT2D eigenvalue weighted by Crippen LogP contribution is -2.46. The molecule has 0 aliphatic carbocycles. The Morgan fingerprint density at radius 3 is 1.81 bits per heavy atom. The van der Waals surface area contributed by atoms with Gasteiger partial charge in [-0.3, -0.25) is 14.8 Å². The standard InChI is InChI=1S/C26H23N3O2/c1-29(25(30)21-12-6-3-7-13-21)24(20-10-4-2-5-11-20)26(31,22-14-8-16-27-18-22)23-15-9-17-28-19-23/h2-19,24,31H,1H3/t24-/m1/s1. The lowest BCUT2D eigenvalue weighted by Gasteiger charge is -2.42. The molecule has 0 radical (unpaired) electrons. The van der Waals surface area contributed by atoms with Gasteiger partial charge in [-0.25, -0.2) is 0 Å². The highest BCUT2D eigenvalue weighted by Crippen LogP contribution is 2.44. The van der Waals surface area contributed by atoms with Crippen molar-refractivity contribution >= 4 is 5.91 Å². The number of amides is 1. The Kier molecular flexibility index (Phi) is 5.87. The monoisotopic (exact) mass is 409 g/mol. The first-order valence-corrected chi connectivity index (χ1v) is 10.0. The Morgan fingerprint density at radius 1 is 0.806 bits per heavy atom. The van der Waals surface area contributed by atoms with Crippen molar-refractivity contribution in [2.24, 2.45) is 0 Å². The summed E-state index contributed by atoms with van der Waals surface area (Å²) in [5.74, 6) is -0.194. The van der Waals surface area contributed by atoms with Crippen molar-refractivity contribution < 1.29 is 9.90 Å². The van der Waals surface area contributed by atoms with E-state index in [1.54, 1.807) is 61.0 Å². The van der Waals surface area contributed by atoms with Crippen LogP contribution in [0, 0.1) is 0 Å². The van der Waals surface area contributed by atoms with Gasteiger partial charge in [-0.1, -0.05) is 60.7 Å². The number of rotatable bonds is 6. The predicted octanol–water partition coefficient (Wildman–Crippen LogP) is 4.23. The fourth-order valence-corrected chi connectivity index (χ4v) is 3.94. The topological polar surface area (TPSA) is 66.3 Å². The highest BCUT2D eigenvalue weighted by molar-refractivity contribution is 5.94. The van der Waals surface area contributed by atoms with Crippen molar-refractivity contribution in [2.75, 3.05) is 7.05 Å². The van der Waals surface area contributed by atoms with E-state index in [-0.39, 0.29) is 5.91 Å². The van der Waals surface area contributed by atoms with E-state index in [4.69, 9.17) is 0 Å². The third-order valence-corrected chi connectivity index (χ3v) is 5.44. The summed E-state index contributed by atoms with van der Waals surface area (Å²) in [6, 6.07) is 25.1. The molecule has 2 aromatic carbocycles. The third-order valence-electron chi connectivity index (χ3n) is 5.44. The van der Waals surface area contributed by atoms with Crippen molar-refractivity contribution in [3.05, 3.63) is 132 Å². The molecule has 1 atom stereocenters. The van der Waals surface area contributed by atoms with E-state index in [9.17, 15) is 9.90 Å². The first-order chi connectivity index (χ1) is 15.1. The molecule has 31 heavy (non-hydrogen) atoms. The molecular weight excluding hydrogens is 386 g/mol. The Bertz CT molecular complexity index is 1080. The largest absolute Gasteiger partial charge is 0.378 e. The van der Waals surface area contributed by atoms with Crippen molar-refractivity contribution in [3.63, 3.8) is 0 Å². The normalized spacial score (nSPS) is 12.2. The lowest BCUT2D eigenvalue weighted by molar-refractivity contribution is -0.00940. The summed E-state index contributed by atoms with van der Waals surface area (Å²) in [7, 11) is 1.71. The van der Waals surface area contributed by atoms with Gasteiger partial charge in [-0.05, 0) is 29.8 Å². The number of nitrogens with zero attached hydrogens (tertiary/aromatic N) is 3. The number of pyridine rings is 2. The second kappa shape index (κ2) is 8.90. The van der Waals surface area contributed by atoms with Crippen LogP contribution in [-0.2, 0) is 5.60 Å². The Morgan fingerprint density at radius 2 is 1.32 bits per heavy atom. The van der Waals surface area contributed by atoms with Gasteiger partial charge in [0, 0.05) is 48.5 Å². The zero-order valence-corrected chi connectivity index (χ0v) is 17.2. The predicted molar refractivity (Wildman–Crippen MR) is 119 cm³/mol. The SMILES string of the molecule is CN(C(=O)c1ccccc1)[C@H](c1ccccc1)C(O)(c1cccnc1)c1cccnc1. The number of benzene rings is 2. The summed E-state index contributed by atoms with van der Waals surface area (Å²) in [4.78, 5) is 23.5. The second-order valence-corrected chi connectivity index (χ2v) is 7.35. The summed E-state index contributed by atoms with van der Waals surface area (Å²) >= 11 is 0. The maximum atomic E-state index is 13.5. The van der Waals surface area contributed by atoms with Crippen LogP contribution in [0.25, 0.3) is 0 Å². The van der Waals surface area contributed by atoms with Gasteiger partial charge in [-0.2, -0.15) is 0 Å². The highest BCUT2D eigenvalue weighted by Gasteiger charge is 2.45. The van der Waals surface area contributed by atoms with Crippen LogP contribution in [-0.4, -0.2) is 32.9 Å². The molecule has 0 bridgehead atoms. The minimum atomic E-state index is -1.58. The van der Waals surface area contributed by atoms with Crippen LogP contribution in [0.1, 0.15) is 33.1 Å². The van der Waals surface area contributed by atoms with Gasteiger partial charge in [0.2, 0.25) is 0 Å².